The maximum atomic E-state index is 11.0. The summed E-state index contributed by atoms with van der Waals surface area (Å²) in [5.41, 5.74) is 0. The molecule has 66 valence electrons. The molecule has 0 saturated heterocycles. The zero-order valence-corrected chi connectivity index (χ0v) is 8.73. The first-order chi connectivity index (χ1) is 4.70. The zero-order chi connectivity index (χ0) is 7.56. The fraction of sp³-hybridized carbons (Fsp3) is 0.889. The quantitative estimate of drug-likeness (QED) is 0.668. The molecule has 0 spiro atoms. The average Bonchev–Trinajstić information content (AvgIpc) is 1.88. The first-order valence-corrected chi connectivity index (χ1v) is 4.22. The molecule has 1 nitrogen and oxygen atoms in total. The van der Waals surface area contributed by atoms with E-state index >= 15 is 0 Å². The van der Waals surface area contributed by atoms with Gasteiger partial charge in [-0.15, -0.1) is 0 Å². The second kappa shape index (κ2) is 5.74. The van der Waals surface area contributed by atoms with Crippen LogP contribution in [0.3, 0.4) is 0 Å². The summed E-state index contributed by atoms with van der Waals surface area (Å²) in [4.78, 5) is 11.0. The van der Waals surface area contributed by atoms with E-state index in [-0.39, 0.29) is 45.5 Å². The van der Waals surface area contributed by atoms with Gasteiger partial charge in [0.25, 0.3) is 0 Å². The number of hydrogen-bond acceptors (Lipinski definition) is 1. The molecule has 1 rings (SSSR count). The van der Waals surface area contributed by atoms with Gasteiger partial charge in [-0.1, -0.05) is 13.8 Å². The van der Waals surface area contributed by atoms with E-state index in [4.69, 9.17) is 0 Å². The van der Waals surface area contributed by atoms with Gasteiger partial charge in [0.2, 0.25) is 0 Å². The number of hydrogen-bond donors (Lipinski definition) is 0. The summed E-state index contributed by atoms with van der Waals surface area (Å²) in [5.74, 6) is 1.86. The minimum atomic E-state index is 0. The van der Waals surface area contributed by atoms with Gasteiger partial charge >= 0.3 is 0 Å². The Balaban J connectivity index is 0.000001000. The Labute approximate surface area is 106 Å². The van der Waals surface area contributed by atoms with Crippen LogP contribution in [-0.2, 0) is 4.79 Å². The molecule has 0 radical (unpaired) electrons. The Morgan fingerprint density at radius 3 is 2.45 bits per heavy atom. The van der Waals surface area contributed by atoms with Crippen molar-refractivity contribution in [2.75, 3.05) is 0 Å². The standard InChI is InChI=1S/C9H16O.Kr/c1-7(2)8-4-3-5-9(10)6-8;/h7-8H,3-6H2,1-2H3;. The van der Waals surface area contributed by atoms with Crippen LogP contribution in [0.25, 0.3) is 0 Å². The van der Waals surface area contributed by atoms with Gasteiger partial charge in [-0.05, 0) is 24.7 Å². The summed E-state index contributed by atoms with van der Waals surface area (Å²) >= 11 is 0. The monoisotopic (exact) mass is 224 g/mol. The Hall–Kier alpha value is 1.15. The van der Waals surface area contributed by atoms with Crippen LogP contribution < -0.4 is 0 Å². The molecule has 1 atom stereocenters. The second-order valence-corrected chi connectivity index (χ2v) is 3.64. The number of carbonyl (C=O) groups excluding carboxylic acids is 1. The van der Waals surface area contributed by atoms with Crippen LogP contribution >= 0.6 is 0 Å². The van der Waals surface area contributed by atoms with E-state index in [1.54, 1.807) is 0 Å². The van der Waals surface area contributed by atoms with Gasteiger partial charge in [-0.25, -0.2) is 0 Å². The van der Waals surface area contributed by atoms with Gasteiger partial charge in [-0.2, -0.15) is 0 Å². The molecule has 0 aliphatic heterocycles. The van der Waals surface area contributed by atoms with E-state index < -0.39 is 0 Å². The average molecular weight is 224 g/mol. The van der Waals surface area contributed by atoms with Crippen molar-refractivity contribution in [3.63, 3.8) is 0 Å². The van der Waals surface area contributed by atoms with E-state index in [2.05, 4.69) is 13.8 Å². The van der Waals surface area contributed by atoms with E-state index in [1.807, 2.05) is 0 Å². The predicted octanol–water partition coefficient (Wildman–Crippen LogP) is 2.40. The van der Waals surface area contributed by atoms with E-state index in [0.29, 0.717) is 17.6 Å². The van der Waals surface area contributed by atoms with E-state index in [0.717, 1.165) is 19.3 Å². The summed E-state index contributed by atoms with van der Waals surface area (Å²) in [5, 5.41) is 0. The Morgan fingerprint density at radius 1 is 1.45 bits per heavy atom. The summed E-state index contributed by atoms with van der Waals surface area (Å²) in [6.45, 7) is 4.42. The predicted molar refractivity (Wildman–Crippen MR) is 41.8 cm³/mol. The largest absolute Gasteiger partial charge is 0.300 e. The van der Waals surface area contributed by atoms with Crippen molar-refractivity contribution in [3.05, 3.63) is 0 Å². The van der Waals surface area contributed by atoms with Crippen LogP contribution in [0.5, 0.6) is 0 Å². The minimum Gasteiger partial charge on any atom is -0.300 e. The SMILES string of the molecule is CC(C)C1CCCC(=O)C1.[Kr]. The van der Waals surface area contributed by atoms with Gasteiger partial charge in [0, 0.05) is 58.3 Å². The summed E-state index contributed by atoms with van der Waals surface area (Å²) < 4.78 is 0. The van der Waals surface area contributed by atoms with Crippen LogP contribution in [0.1, 0.15) is 39.5 Å². The van der Waals surface area contributed by atoms with Gasteiger partial charge in [0.1, 0.15) is 5.78 Å². The molecule has 0 aromatic heterocycles. The maximum absolute atomic E-state index is 11.0. The minimum absolute atomic E-state index is 0. The molecule has 0 bridgehead atoms. The van der Waals surface area contributed by atoms with Crippen LogP contribution in [0.4, 0.5) is 0 Å². The summed E-state index contributed by atoms with van der Waals surface area (Å²) in [6.07, 6.45) is 4.08. The van der Waals surface area contributed by atoms with Crippen molar-refractivity contribution in [1.29, 1.82) is 0 Å². The molecule has 0 amide bonds. The Bertz CT molecular complexity index is 132. The Morgan fingerprint density at radius 2 is 2.09 bits per heavy atom. The molecule has 1 aliphatic carbocycles. The van der Waals surface area contributed by atoms with Crippen molar-refractivity contribution in [3.8, 4) is 0 Å². The van der Waals surface area contributed by atoms with E-state index in [9.17, 15) is 4.79 Å². The van der Waals surface area contributed by atoms with Crippen LogP contribution in [0.2, 0.25) is 0 Å². The fourth-order valence-electron chi connectivity index (χ4n) is 1.63. The van der Waals surface area contributed by atoms with Gasteiger partial charge in [0.15, 0.2) is 0 Å². The van der Waals surface area contributed by atoms with Gasteiger partial charge in [-0.3, -0.25) is 4.79 Å². The number of Topliss-reactive ketones (excluding diaryl/α,β-unsaturated/α-hetero) is 1. The molecule has 0 aromatic carbocycles. The molecular weight excluding hydrogens is 208 g/mol. The number of carbonyl (C=O) groups is 1. The van der Waals surface area contributed by atoms with Crippen LogP contribution in [0, 0.1) is 57.3 Å². The van der Waals surface area contributed by atoms with Gasteiger partial charge in [0.05, 0.1) is 0 Å². The first kappa shape index (κ1) is 12.2. The molecule has 0 aromatic rings. The van der Waals surface area contributed by atoms with Crippen molar-refractivity contribution >= 4 is 5.78 Å². The Kier molecular flexibility index (Phi) is 6.34. The van der Waals surface area contributed by atoms with Gasteiger partial charge < -0.3 is 0 Å². The number of ketones is 1. The van der Waals surface area contributed by atoms with Crippen molar-refractivity contribution in [1.82, 2.24) is 0 Å². The van der Waals surface area contributed by atoms with Crippen molar-refractivity contribution in [2.45, 2.75) is 39.5 Å². The fourth-order valence-corrected chi connectivity index (χ4v) is 1.63. The smallest absolute Gasteiger partial charge is 0.133 e. The third-order valence-corrected chi connectivity index (χ3v) is 2.46. The maximum Gasteiger partial charge on any atom is 0.133 e. The molecule has 1 saturated carbocycles. The first-order valence-electron chi connectivity index (χ1n) is 4.22. The second-order valence-electron chi connectivity index (χ2n) is 3.64. The molecule has 1 unspecified atom stereocenters. The third-order valence-electron chi connectivity index (χ3n) is 2.46. The topological polar surface area (TPSA) is 17.1 Å². The number of rotatable bonds is 1. The third kappa shape index (κ3) is 4.07. The summed E-state index contributed by atoms with van der Waals surface area (Å²) in [6, 6.07) is 0. The molecular formula is C9H16KrO. The van der Waals surface area contributed by atoms with E-state index in [1.165, 1.54) is 6.42 Å². The molecule has 0 N–H and O–H groups in total. The van der Waals surface area contributed by atoms with Crippen LogP contribution in [0.15, 0.2) is 0 Å². The molecule has 11 heavy (non-hydrogen) atoms. The summed E-state index contributed by atoms with van der Waals surface area (Å²) in [7, 11) is 0. The van der Waals surface area contributed by atoms with Crippen molar-refractivity contribution in [2.24, 2.45) is 11.8 Å². The molecule has 2 heteroatoms. The molecule has 0 heterocycles. The molecule has 1 fully saturated rings. The zero-order valence-electron chi connectivity index (χ0n) is 7.24. The molecule has 1 aliphatic rings. The van der Waals surface area contributed by atoms with Crippen molar-refractivity contribution < 1.29 is 50.3 Å². The normalized spacial score (nSPS) is 25.0. The van der Waals surface area contributed by atoms with Crippen LogP contribution in [-0.4, -0.2) is 5.78 Å².